The third-order valence-corrected chi connectivity index (χ3v) is 5.10. The lowest BCUT2D eigenvalue weighted by Gasteiger charge is -2.19. The minimum atomic E-state index is -0.654. The molecule has 1 aliphatic carbocycles. The van der Waals surface area contributed by atoms with Crippen molar-refractivity contribution < 1.29 is 9.90 Å². The maximum Gasteiger partial charge on any atom is 0.291 e. The van der Waals surface area contributed by atoms with Crippen molar-refractivity contribution in [3.05, 3.63) is 27.6 Å². The van der Waals surface area contributed by atoms with E-state index >= 15 is 0 Å². The van der Waals surface area contributed by atoms with Crippen LogP contribution in [-0.2, 0) is 6.54 Å². The Morgan fingerprint density at radius 2 is 2.10 bits per heavy atom. The summed E-state index contributed by atoms with van der Waals surface area (Å²) in [5, 5.41) is 21.2. The van der Waals surface area contributed by atoms with E-state index in [1.165, 1.54) is 0 Å². The van der Waals surface area contributed by atoms with Gasteiger partial charge in [-0.15, -0.1) is 29.9 Å². The SMILES string of the molecule is CC(C)Cn1c(O)c(C(=O)NC2CC2)c(=O)n2nc(N)c(C3=CCNCC3)c12.Cl.Cl. The molecule has 5 N–H and O–H groups in total. The highest BCUT2D eigenvalue weighted by Crippen LogP contribution is 2.32. The molecular weight excluding hydrogens is 431 g/mol. The van der Waals surface area contributed by atoms with Gasteiger partial charge in [-0.3, -0.25) is 14.2 Å². The lowest BCUT2D eigenvalue weighted by Crippen LogP contribution is -2.34. The predicted octanol–water partition coefficient (Wildman–Crippen LogP) is 1.55. The molecule has 1 aliphatic heterocycles. The molecule has 0 unspecified atom stereocenters. The van der Waals surface area contributed by atoms with Crippen molar-refractivity contribution in [2.75, 3.05) is 18.8 Å². The molecule has 0 radical (unpaired) electrons. The van der Waals surface area contributed by atoms with Crippen LogP contribution in [0.3, 0.4) is 0 Å². The van der Waals surface area contributed by atoms with Gasteiger partial charge in [-0.05, 0) is 37.3 Å². The molecule has 30 heavy (non-hydrogen) atoms. The van der Waals surface area contributed by atoms with Crippen molar-refractivity contribution in [1.29, 1.82) is 0 Å². The van der Waals surface area contributed by atoms with E-state index in [9.17, 15) is 14.7 Å². The van der Waals surface area contributed by atoms with E-state index in [2.05, 4.69) is 15.7 Å². The number of aromatic nitrogens is 3. The second-order valence-corrected chi connectivity index (χ2v) is 7.94. The van der Waals surface area contributed by atoms with Crippen LogP contribution < -0.4 is 21.9 Å². The van der Waals surface area contributed by atoms with Crippen molar-refractivity contribution in [2.24, 2.45) is 5.92 Å². The summed E-state index contributed by atoms with van der Waals surface area (Å²) in [5.74, 6) is -0.509. The molecular formula is C19H28Cl2N6O3. The Bertz CT molecular complexity index is 1040. The molecule has 4 rings (SSSR count). The molecule has 11 heteroatoms. The third kappa shape index (κ3) is 4.28. The van der Waals surface area contributed by atoms with E-state index in [1.54, 1.807) is 4.57 Å². The highest BCUT2D eigenvalue weighted by molar-refractivity contribution is 5.97. The van der Waals surface area contributed by atoms with Crippen LogP contribution in [-0.4, -0.2) is 44.3 Å². The standard InChI is InChI=1S/C19H26N6O3.2ClH/c1-10(2)9-24-17-13(11-5-7-21-8-6-11)15(20)23-25(17)19(28)14(18(24)27)16(26)22-12-3-4-12;;/h5,10,12,21,27H,3-4,6-9H2,1-2H3,(H2,20,23)(H,22,26);2*1H. The lowest BCUT2D eigenvalue weighted by atomic mass is 10.0. The van der Waals surface area contributed by atoms with Gasteiger partial charge in [0.2, 0.25) is 5.88 Å². The number of fused-ring (bicyclic) bond motifs is 1. The van der Waals surface area contributed by atoms with Crippen LogP contribution in [0.25, 0.3) is 11.2 Å². The van der Waals surface area contributed by atoms with Crippen LogP contribution in [0.4, 0.5) is 5.82 Å². The molecule has 1 amide bonds. The first kappa shape index (κ1) is 24.0. The molecule has 1 saturated carbocycles. The summed E-state index contributed by atoms with van der Waals surface area (Å²) < 4.78 is 2.76. The van der Waals surface area contributed by atoms with Gasteiger partial charge in [-0.2, -0.15) is 4.52 Å². The number of carbonyl (C=O) groups is 1. The monoisotopic (exact) mass is 458 g/mol. The molecule has 0 bridgehead atoms. The first-order valence-corrected chi connectivity index (χ1v) is 9.73. The molecule has 2 aliphatic rings. The Labute approximate surface area is 186 Å². The molecule has 9 nitrogen and oxygen atoms in total. The normalized spacial score (nSPS) is 16.0. The van der Waals surface area contributed by atoms with Gasteiger partial charge in [-0.1, -0.05) is 19.9 Å². The topological polar surface area (TPSA) is 127 Å². The zero-order valence-electron chi connectivity index (χ0n) is 17.0. The van der Waals surface area contributed by atoms with Crippen LogP contribution in [0.2, 0.25) is 0 Å². The number of hydrogen-bond acceptors (Lipinski definition) is 6. The van der Waals surface area contributed by atoms with Crippen LogP contribution in [0.5, 0.6) is 5.88 Å². The molecule has 0 spiro atoms. The van der Waals surface area contributed by atoms with Gasteiger partial charge in [-0.25, -0.2) is 0 Å². The maximum absolute atomic E-state index is 13.1. The van der Waals surface area contributed by atoms with Crippen molar-refractivity contribution >= 4 is 47.8 Å². The number of nitrogens with one attached hydrogen (secondary N) is 2. The summed E-state index contributed by atoms with van der Waals surface area (Å²) in [6, 6.07) is 0.0682. The van der Waals surface area contributed by atoms with E-state index < -0.39 is 11.5 Å². The molecule has 2 aromatic heterocycles. The highest BCUT2D eigenvalue weighted by Gasteiger charge is 2.31. The molecule has 1 fully saturated rings. The highest BCUT2D eigenvalue weighted by atomic mass is 35.5. The van der Waals surface area contributed by atoms with Crippen molar-refractivity contribution in [3.63, 3.8) is 0 Å². The Morgan fingerprint density at radius 1 is 1.40 bits per heavy atom. The Hall–Kier alpha value is -2.23. The average Bonchev–Trinajstić information content (AvgIpc) is 3.39. The second-order valence-electron chi connectivity index (χ2n) is 7.94. The minimum Gasteiger partial charge on any atom is -0.494 e. The van der Waals surface area contributed by atoms with E-state index in [1.807, 2.05) is 19.9 Å². The fourth-order valence-electron chi connectivity index (χ4n) is 3.63. The zero-order valence-corrected chi connectivity index (χ0v) is 18.6. The van der Waals surface area contributed by atoms with E-state index in [-0.39, 0.29) is 54.0 Å². The molecule has 166 valence electrons. The lowest BCUT2D eigenvalue weighted by molar-refractivity contribution is 0.0944. The minimum absolute atomic E-state index is 0. The number of amides is 1. The number of rotatable bonds is 5. The van der Waals surface area contributed by atoms with E-state index in [4.69, 9.17) is 5.73 Å². The Morgan fingerprint density at radius 3 is 2.67 bits per heavy atom. The summed E-state index contributed by atoms with van der Waals surface area (Å²) in [6.45, 7) is 5.92. The van der Waals surface area contributed by atoms with Crippen LogP contribution in [0.1, 0.15) is 49.0 Å². The van der Waals surface area contributed by atoms with Gasteiger partial charge in [0.1, 0.15) is 0 Å². The zero-order chi connectivity index (χ0) is 20.0. The largest absolute Gasteiger partial charge is 0.494 e. The Kier molecular flexibility index (Phi) is 7.44. The summed E-state index contributed by atoms with van der Waals surface area (Å²) in [7, 11) is 0. The van der Waals surface area contributed by atoms with Gasteiger partial charge in [0.05, 0.1) is 5.56 Å². The maximum atomic E-state index is 13.1. The summed E-state index contributed by atoms with van der Waals surface area (Å²) in [4.78, 5) is 25.7. The number of halogens is 2. The molecule has 3 heterocycles. The summed E-state index contributed by atoms with van der Waals surface area (Å²) in [6.07, 6.45) is 4.53. The number of nitrogens with two attached hydrogens (primary N) is 1. The number of nitrogen functional groups attached to an aromatic ring is 1. The number of carbonyl (C=O) groups excluding carboxylic acids is 1. The fraction of sp³-hybridized carbons (Fsp3) is 0.526. The first-order valence-electron chi connectivity index (χ1n) is 9.73. The molecule has 0 saturated heterocycles. The fourth-order valence-corrected chi connectivity index (χ4v) is 3.63. The van der Waals surface area contributed by atoms with Crippen LogP contribution >= 0.6 is 24.8 Å². The van der Waals surface area contributed by atoms with E-state index in [0.717, 1.165) is 35.9 Å². The predicted molar refractivity (Wildman–Crippen MR) is 121 cm³/mol. The van der Waals surface area contributed by atoms with Crippen LogP contribution in [0, 0.1) is 5.92 Å². The summed E-state index contributed by atoms with van der Waals surface area (Å²) in [5.41, 5.74) is 7.33. The first-order chi connectivity index (χ1) is 13.4. The Balaban J connectivity index is 0.00000160. The summed E-state index contributed by atoms with van der Waals surface area (Å²) >= 11 is 0. The number of nitrogens with zero attached hydrogens (tertiary/aromatic N) is 3. The number of hydrogen-bond donors (Lipinski definition) is 4. The second kappa shape index (κ2) is 9.28. The van der Waals surface area contributed by atoms with Gasteiger partial charge < -0.3 is 21.5 Å². The molecule has 2 aromatic rings. The molecule has 0 atom stereocenters. The molecule has 0 aromatic carbocycles. The van der Waals surface area contributed by atoms with Gasteiger partial charge in [0.15, 0.2) is 17.0 Å². The quantitative estimate of drug-likeness (QED) is 0.538. The average molecular weight is 459 g/mol. The van der Waals surface area contributed by atoms with Crippen LogP contribution in [0.15, 0.2) is 10.9 Å². The number of anilines is 1. The van der Waals surface area contributed by atoms with Gasteiger partial charge in [0, 0.05) is 19.1 Å². The van der Waals surface area contributed by atoms with E-state index in [0.29, 0.717) is 24.3 Å². The third-order valence-electron chi connectivity index (χ3n) is 5.10. The van der Waals surface area contributed by atoms with Gasteiger partial charge >= 0.3 is 0 Å². The van der Waals surface area contributed by atoms with Gasteiger partial charge in [0.25, 0.3) is 11.5 Å². The van der Waals surface area contributed by atoms with Crippen molar-refractivity contribution in [3.8, 4) is 5.88 Å². The smallest absolute Gasteiger partial charge is 0.291 e. The van der Waals surface area contributed by atoms with Crippen molar-refractivity contribution in [2.45, 2.75) is 45.7 Å². The number of aromatic hydroxyl groups is 1. The van der Waals surface area contributed by atoms with Crippen molar-refractivity contribution in [1.82, 2.24) is 24.8 Å².